The zero-order valence-corrected chi connectivity index (χ0v) is 18.6. The summed E-state index contributed by atoms with van der Waals surface area (Å²) in [5.41, 5.74) is 1.40. The predicted octanol–water partition coefficient (Wildman–Crippen LogP) is 3.76. The highest BCUT2D eigenvalue weighted by Gasteiger charge is 2.27. The maximum absolute atomic E-state index is 12.5. The minimum atomic E-state index is -0.516. The van der Waals surface area contributed by atoms with Gasteiger partial charge in [-0.05, 0) is 52.7 Å². The van der Waals surface area contributed by atoms with Gasteiger partial charge >= 0.3 is 12.1 Å². The fraction of sp³-hybridized carbons (Fsp3) is 0.636. The van der Waals surface area contributed by atoms with E-state index in [1.165, 1.54) is 0 Å². The number of nitrogens with one attached hydrogen (secondary N) is 1. The molecule has 0 atom stereocenters. The number of hydrogen-bond donors (Lipinski definition) is 1. The van der Waals surface area contributed by atoms with Gasteiger partial charge < -0.3 is 24.6 Å². The van der Waals surface area contributed by atoms with Gasteiger partial charge in [-0.2, -0.15) is 0 Å². The number of benzene rings is 1. The summed E-state index contributed by atoms with van der Waals surface area (Å²) >= 11 is 0. The molecule has 2 rings (SSSR count). The van der Waals surface area contributed by atoms with E-state index >= 15 is 0 Å². The second-order valence-electron chi connectivity index (χ2n) is 9.33. The average Bonchev–Trinajstić information content (AvgIpc) is 2.63. The fourth-order valence-electron chi connectivity index (χ4n) is 2.84. The Morgan fingerprint density at radius 1 is 0.931 bits per heavy atom. The van der Waals surface area contributed by atoms with Gasteiger partial charge in [0.25, 0.3) is 0 Å². The van der Waals surface area contributed by atoms with Crippen LogP contribution < -0.4 is 5.32 Å². The van der Waals surface area contributed by atoms with Crippen LogP contribution >= 0.6 is 0 Å². The summed E-state index contributed by atoms with van der Waals surface area (Å²) in [6.07, 6.45) is -0.327. The maximum atomic E-state index is 12.5. The van der Waals surface area contributed by atoms with E-state index in [1.807, 2.05) is 65.8 Å². The highest BCUT2D eigenvalue weighted by atomic mass is 16.6. The number of carbonyl (C=O) groups excluding carboxylic acids is 2. The van der Waals surface area contributed by atoms with Gasteiger partial charge in [0, 0.05) is 32.7 Å². The number of amides is 3. The Balaban J connectivity index is 1.78. The minimum Gasteiger partial charge on any atom is -0.444 e. The quantitative estimate of drug-likeness (QED) is 0.828. The number of urea groups is 1. The van der Waals surface area contributed by atoms with E-state index in [1.54, 1.807) is 9.80 Å². The monoisotopic (exact) mass is 405 g/mol. The van der Waals surface area contributed by atoms with Gasteiger partial charge in [-0.15, -0.1) is 0 Å². The van der Waals surface area contributed by atoms with Gasteiger partial charge in [0.2, 0.25) is 0 Å². The Kier molecular flexibility index (Phi) is 7.52. The molecule has 0 radical (unpaired) electrons. The van der Waals surface area contributed by atoms with E-state index in [4.69, 9.17) is 9.47 Å². The van der Waals surface area contributed by atoms with Crippen LogP contribution in [0.4, 0.5) is 9.59 Å². The van der Waals surface area contributed by atoms with Crippen molar-refractivity contribution in [1.82, 2.24) is 15.1 Å². The molecule has 1 heterocycles. The van der Waals surface area contributed by atoms with Crippen molar-refractivity contribution >= 4 is 12.1 Å². The lowest BCUT2D eigenvalue weighted by Crippen LogP contribution is -2.53. The first-order chi connectivity index (χ1) is 13.4. The molecule has 7 nitrogen and oxygen atoms in total. The van der Waals surface area contributed by atoms with Gasteiger partial charge in [-0.3, -0.25) is 0 Å². The van der Waals surface area contributed by atoms with Crippen molar-refractivity contribution in [2.45, 2.75) is 65.9 Å². The highest BCUT2D eigenvalue weighted by molar-refractivity contribution is 5.75. The fourth-order valence-corrected chi connectivity index (χ4v) is 2.84. The van der Waals surface area contributed by atoms with Crippen LogP contribution in [0.1, 0.15) is 52.7 Å². The Labute approximate surface area is 174 Å². The molecule has 1 fully saturated rings. The standard InChI is InChI=1S/C22H35N3O4/c1-21(2,3)28-16-18-9-7-8-17(14-18)15-23-19(26)24-10-12-25(13-11-24)20(27)29-22(4,5)6/h7-9,14H,10-13,15-16H2,1-6H3,(H,23,26). The number of hydrogen-bond acceptors (Lipinski definition) is 4. The highest BCUT2D eigenvalue weighted by Crippen LogP contribution is 2.14. The Morgan fingerprint density at radius 2 is 1.52 bits per heavy atom. The van der Waals surface area contributed by atoms with E-state index in [9.17, 15) is 9.59 Å². The third kappa shape index (κ3) is 8.31. The summed E-state index contributed by atoms with van der Waals surface area (Å²) in [6, 6.07) is 7.91. The molecule has 0 aromatic heterocycles. The van der Waals surface area contributed by atoms with Crippen LogP contribution in [0, 0.1) is 0 Å². The van der Waals surface area contributed by atoms with Crippen LogP contribution in [0.2, 0.25) is 0 Å². The van der Waals surface area contributed by atoms with E-state index in [-0.39, 0.29) is 17.7 Å². The van der Waals surface area contributed by atoms with Crippen LogP contribution in [-0.2, 0) is 22.6 Å². The van der Waals surface area contributed by atoms with E-state index in [0.717, 1.165) is 11.1 Å². The summed E-state index contributed by atoms with van der Waals surface area (Å²) in [5, 5.41) is 2.96. The molecule has 0 saturated carbocycles. The van der Waals surface area contributed by atoms with E-state index in [2.05, 4.69) is 5.32 Å². The lowest BCUT2D eigenvalue weighted by molar-refractivity contribution is -0.0149. The molecule has 1 aromatic carbocycles. The molecule has 1 aliphatic rings. The molecule has 1 aromatic rings. The van der Waals surface area contributed by atoms with Crippen LogP contribution in [0.3, 0.4) is 0 Å². The molecule has 29 heavy (non-hydrogen) atoms. The van der Waals surface area contributed by atoms with Crippen molar-refractivity contribution in [3.05, 3.63) is 35.4 Å². The van der Waals surface area contributed by atoms with Gasteiger partial charge in [0.15, 0.2) is 0 Å². The molecule has 1 N–H and O–H groups in total. The first kappa shape index (κ1) is 23.0. The smallest absolute Gasteiger partial charge is 0.410 e. The number of carbonyl (C=O) groups is 2. The van der Waals surface area contributed by atoms with Crippen molar-refractivity contribution in [3.8, 4) is 0 Å². The van der Waals surface area contributed by atoms with Crippen LogP contribution in [-0.4, -0.2) is 59.3 Å². The zero-order chi connectivity index (χ0) is 21.7. The van der Waals surface area contributed by atoms with Gasteiger partial charge in [0.1, 0.15) is 5.60 Å². The van der Waals surface area contributed by atoms with Gasteiger partial charge in [0.05, 0.1) is 12.2 Å². The van der Waals surface area contributed by atoms with Crippen molar-refractivity contribution in [3.63, 3.8) is 0 Å². The van der Waals surface area contributed by atoms with Crippen molar-refractivity contribution in [1.29, 1.82) is 0 Å². The minimum absolute atomic E-state index is 0.120. The lowest BCUT2D eigenvalue weighted by atomic mass is 10.1. The Bertz CT molecular complexity index is 699. The SMILES string of the molecule is CC(C)(C)OCc1cccc(CNC(=O)N2CCN(C(=O)OC(C)(C)C)CC2)c1. The third-order valence-electron chi connectivity index (χ3n) is 4.33. The molecule has 3 amide bonds. The molecule has 1 aliphatic heterocycles. The van der Waals surface area contributed by atoms with Crippen LogP contribution in [0.25, 0.3) is 0 Å². The van der Waals surface area contributed by atoms with Crippen molar-refractivity contribution < 1.29 is 19.1 Å². The zero-order valence-electron chi connectivity index (χ0n) is 18.6. The topological polar surface area (TPSA) is 71.1 Å². The van der Waals surface area contributed by atoms with Crippen molar-refractivity contribution in [2.75, 3.05) is 26.2 Å². The second-order valence-corrected chi connectivity index (χ2v) is 9.33. The maximum Gasteiger partial charge on any atom is 0.410 e. The molecule has 0 spiro atoms. The van der Waals surface area contributed by atoms with Crippen LogP contribution in [0.5, 0.6) is 0 Å². The summed E-state index contributed by atoms with van der Waals surface area (Å²) < 4.78 is 11.2. The first-order valence-corrected chi connectivity index (χ1v) is 10.2. The largest absolute Gasteiger partial charge is 0.444 e. The molecule has 0 aliphatic carbocycles. The van der Waals surface area contributed by atoms with Crippen molar-refractivity contribution in [2.24, 2.45) is 0 Å². The molecule has 1 saturated heterocycles. The summed E-state index contributed by atoms with van der Waals surface area (Å²) in [6.45, 7) is 14.5. The van der Waals surface area contributed by atoms with Crippen LogP contribution in [0.15, 0.2) is 24.3 Å². The Hall–Kier alpha value is -2.28. The number of rotatable bonds is 4. The number of ether oxygens (including phenoxy) is 2. The summed E-state index contributed by atoms with van der Waals surface area (Å²) in [5.74, 6) is 0. The molecular weight excluding hydrogens is 370 g/mol. The molecule has 7 heteroatoms. The normalized spacial score (nSPS) is 15.2. The lowest BCUT2D eigenvalue weighted by Gasteiger charge is -2.35. The second kappa shape index (κ2) is 9.48. The number of piperazine rings is 1. The van der Waals surface area contributed by atoms with E-state index < -0.39 is 5.60 Å². The molecule has 162 valence electrons. The first-order valence-electron chi connectivity index (χ1n) is 10.2. The van der Waals surface area contributed by atoms with Gasteiger partial charge in [-0.25, -0.2) is 9.59 Å². The summed E-state index contributed by atoms with van der Waals surface area (Å²) in [7, 11) is 0. The molecular formula is C22H35N3O4. The summed E-state index contributed by atoms with van der Waals surface area (Å²) in [4.78, 5) is 28.0. The van der Waals surface area contributed by atoms with Gasteiger partial charge in [-0.1, -0.05) is 24.3 Å². The Morgan fingerprint density at radius 3 is 2.10 bits per heavy atom. The predicted molar refractivity (Wildman–Crippen MR) is 113 cm³/mol. The molecule has 0 bridgehead atoms. The third-order valence-corrected chi connectivity index (χ3v) is 4.33. The number of nitrogens with zero attached hydrogens (tertiary/aromatic N) is 2. The molecule has 0 unspecified atom stereocenters. The van der Waals surface area contributed by atoms with E-state index in [0.29, 0.717) is 39.3 Å². The average molecular weight is 406 g/mol.